The highest BCUT2D eigenvalue weighted by atomic mass is 16.2. The number of nitrogens with zero attached hydrogens (tertiary/aromatic N) is 2. The molecule has 0 bridgehead atoms. The molecule has 0 aliphatic heterocycles. The van der Waals surface area contributed by atoms with Crippen LogP contribution in [-0.2, 0) is 4.79 Å². The van der Waals surface area contributed by atoms with E-state index in [-0.39, 0.29) is 23.4 Å². The molecule has 0 aliphatic carbocycles. The van der Waals surface area contributed by atoms with Crippen LogP contribution in [-0.4, -0.2) is 27.5 Å². The second kappa shape index (κ2) is 6.20. The highest BCUT2D eigenvalue weighted by molar-refractivity contribution is 5.84. The molecule has 1 atom stereocenters. The minimum Gasteiger partial charge on any atom is -0.359 e. The van der Waals surface area contributed by atoms with E-state index in [0.717, 1.165) is 11.5 Å². The van der Waals surface area contributed by atoms with E-state index in [0.29, 0.717) is 5.82 Å². The molecule has 0 saturated carbocycles. The summed E-state index contributed by atoms with van der Waals surface area (Å²) >= 11 is 0. The Hall–Kier alpha value is -1.65. The lowest BCUT2D eigenvalue weighted by molar-refractivity contribution is -0.122. The Bertz CT molecular complexity index is 477. The van der Waals surface area contributed by atoms with Crippen molar-refractivity contribution in [1.82, 2.24) is 15.3 Å². The third-order valence-electron chi connectivity index (χ3n) is 2.64. The fourth-order valence-corrected chi connectivity index (χ4v) is 1.69. The first-order valence-corrected chi connectivity index (χ1v) is 7.02. The van der Waals surface area contributed by atoms with Crippen LogP contribution in [0.3, 0.4) is 0 Å². The van der Waals surface area contributed by atoms with Crippen molar-refractivity contribution in [3.63, 3.8) is 0 Å². The maximum atomic E-state index is 12.0. The van der Waals surface area contributed by atoms with Gasteiger partial charge in [-0.15, -0.1) is 0 Å². The van der Waals surface area contributed by atoms with E-state index < -0.39 is 0 Å². The Morgan fingerprint density at radius 1 is 1.20 bits per heavy atom. The number of amides is 1. The summed E-state index contributed by atoms with van der Waals surface area (Å²) in [7, 11) is 0. The molecule has 1 amide bonds. The van der Waals surface area contributed by atoms with Crippen LogP contribution in [0.15, 0.2) is 6.07 Å². The molecule has 0 fully saturated rings. The number of nitrogens with one attached hydrogen (secondary N) is 2. The summed E-state index contributed by atoms with van der Waals surface area (Å²) in [6.45, 7) is 13.7. The van der Waals surface area contributed by atoms with Gasteiger partial charge in [0, 0.05) is 23.2 Å². The van der Waals surface area contributed by atoms with Crippen LogP contribution in [0, 0.1) is 6.92 Å². The van der Waals surface area contributed by atoms with Crippen LogP contribution in [0.2, 0.25) is 0 Å². The molecule has 112 valence electrons. The normalized spacial score (nSPS) is 13.2. The molecule has 0 radical (unpaired) electrons. The predicted molar refractivity (Wildman–Crippen MR) is 81.8 cm³/mol. The van der Waals surface area contributed by atoms with Crippen LogP contribution < -0.4 is 10.6 Å². The first-order valence-electron chi connectivity index (χ1n) is 7.02. The molecule has 1 rings (SSSR count). The smallest absolute Gasteiger partial charge is 0.242 e. The molecular weight excluding hydrogens is 252 g/mol. The molecule has 0 saturated heterocycles. The Balaban J connectivity index is 2.80. The Morgan fingerprint density at radius 2 is 1.80 bits per heavy atom. The maximum Gasteiger partial charge on any atom is 0.242 e. The lowest BCUT2D eigenvalue weighted by Crippen LogP contribution is -2.47. The molecule has 20 heavy (non-hydrogen) atoms. The molecule has 0 aromatic carbocycles. The van der Waals surface area contributed by atoms with Crippen molar-refractivity contribution in [2.24, 2.45) is 0 Å². The van der Waals surface area contributed by atoms with Gasteiger partial charge in [-0.05, 0) is 34.6 Å². The summed E-state index contributed by atoms with van der Waals surface area (Å²) in [5.41, 5.74) is 0.659. The van der Waals surface area contributed by atoms with Gasteiger partial charge in [0.1, 0.15) is 17.7 Å². The van der Waals surface area contributed by atoms with Crippen molar-refractivity contribution < 1.29 is 4.79 Å². The number of hydrogen-bond acceptors (Lipinski definition) is 4. The van der Waals surface area contributed by atoms with Crippen LogP contribution in [0.1, 0.15) is 59.0 Å². The quantitative estimate of drug-likeness (QED) is 0.888. The topological polar surface area (TPSA) is 66.9 Å². The van der Waals surface area contributed by atoms with Crippen molar-refractivity contribution in [2.45, 2.75) is 66.0 Å². The number of carbonyl (C=O) groups is 1. The summed E-state index contributed by atoms with van der Waals surface area (Å²) in [6.07, 6.45) is 0. The Morgan fingerprint density at radius 3 is 2.30 bits per heavy atom. The Labute approximate surface area is 121 Å². The molecule has 2 N–H and O–H groups in total. The first kappa shape index (κ1) is 16.4. The Kier molecular flexibility index (Phi) is 5.09. The summed E-state index contributed by atoms with van der Waals surface area (Å²) in [4.78, 5) is 20.9. The van der Waals surface area contributed by atoms with E-state index in [4.69, 9.17) is 0 Å². The van der Waals surface area contributed by atoms with Crippen molar-refractivity contribution in [1.29, 1.82) is 0 Å². The van der Waals surface area contributed by atoms with Crippen molar-refractivity contribution in [3.8, 4) is 0 Å². The summed E-state index contributed by atoms with van der Waals surface area (Å²) in [5, 5.41) is 6.08. The van der Waals surface area contributed by atoms with E-state index in [2.05, 4.69) is 20.6 Å². The van der Waals surface area contributed by atoms with E-state index in [1.54, 1.807) is 0 Å². The van der Waals surface area contributed by atoms with Crippen molar-refractivity contribution in [2.75, 3.05) is 5.32 Å². The van der Waals surface area contributed by atoms with Gasteiger partial charge in [0.25, 0.3) is 0 Å². The molecule has 5 nitrogen and oxygen atoms in total. The highest BCUT2D eigenvalue weighted by Gasteiger charge is 2.19. The average molecular weight is 278 g/mol. The van der Waals surface area contributed by atoms with Gasteiger partial charge in [0.2, 0.25) is 5.91 Å². The third kappa shape index (κ3) is 5.15. The zero-order valence-corrected chi connectivity index (χ0v) is 13.5. The fraction of sp³-hybridized carbons (Fsp3) is 0.667. The SMILES string of the molecule is Cc1cc(NC(C)C(=O)NC(C)(C)C)nc(C(C)C)n1. The molecule has 1 aromatic heterocycles. The van der Waals surface area contributed by atoms with Gasteiger partial charge in [-0.3, -0.25) is 4.79 Å². The maximum absolute atomic E-state index is 12.0. The standard InChI is InChI=1S/C15H26N4O/c1-9(2)13-16-10(3)8-12(18-13)17-11(4)14(20)19-15(5,6)7/h8-9,11H,1-7H3,(H,19,20)(H,16,17,18). The van der Waals surface area contributed by atoms with Crippen LogP contribution in [0.4, 0.5) is 5.82 Å². The van der Waals surface area contributed by atoms with E-state index in [9.17, 15) is 4.79 Å². The number of carbonyl (C=O) groups excluding carboxylic acids is 1. The van der Waals surface area contributed by atoms with Crippen LogP contribution in [0.25, 0.3) is 0 Å². The highest BCUT2D eigenvalue weighted by Crippen LogP contribution is 2.14. The predicted octanol–water partition coefficient (Wildman–Crippen LogP) is 2.62. The zero-order valence-electron chi connectivity index (χ0n) is 13.5. The number of rotatable bonds is 4. The first-order chi connectivity index (χ1) is 9.08. The second-order valence-electron chi connectivity index (χ2n) is 6.51. The molecule has 0 spiro atoms. The monoisotopic (exact) mass is 278 g/mol. The van der Waals surface area contributed by atoms with E-state index >= 15 is 0 Å². The van der Waals surface area contributed by atoms with Gasteiger partial charge in [-0.1, -0.05) is 13.8 Å². The number of aromatic nitrogens is 2. The summed E-state index contributed by atoms with van der Waals surface area (Å²) in [5.74, 6) is 1.70. The molecule has 5 heteroatoms. The van der Waals surface area contributed by atoms with E-state index in [1.165, 1.54) is 0 Å². The minimum atomic E-state index is -0.344. The van der Waals surface area contributed by atoms with Crippen LogP contribution in [0.5, 0.6) is 0 Å². The molecular formula is C15H26N4O. The number of hydrogen-bond donors (Lipinski definition) is 2. The lowest BCUT2D eigenvalue weighted by atomic mass is 10.1. The van der Waals surface area contributed by atoms with E-state index in [1.807, 2.05) is 54.5 Å². The molecule has 1 heterocycles. The average Bonchev–Trinajstić information content (AvgIpc) is 2.25. The van der Waals surface area contributed by atoms with Crippen LogP contribution >= 0.6 is 0 Å². The summed E-state index contributed by atoms with van der Waals surface area (Å²) < 4.78 is 0. The van der Waals surface area contributed by atoms with Gasteiger partial charge in [0.15, 0.2) is 0 Å². The minimum absolute atomic E-state index is 0.0418. The third-order valence-corrected chi connectivity index (χ3v) is 2.64. The van der Waals surface area contributed by atoms with Crippen molar-refractivity contribution >= 4 is 11.7 Å². The molecule has 1 unspecified atom stereocenters. The van der Waals surface area contributed by atoms with Gasteiger partial charge in [-0.25, -0.2) is 9.97 Å². The lowest BCUT2D eigenvalue weighted by Gasteiger charge is -2.24. The number of aryl methyl sites for hydroxylation is 1. The zero-order chi connectivity index (χ0) is 15.5. The van der Waals surface area contributed by atoms with Crippen molar-refractivity contribution in [3.05, 3.63) is 17.6 Å². The van der Waals surface area contributed by atoms with Gasteiger partial charge < -0.3 is 10.6 Å². The van der Waals surface area contributed by atoms with Gasteiger partial charge in [-0.2, -0.15) is 0 Å². The van der Waals surface area contributed by atoms with Gasteiger partial charge >= 0.3 is 0 Å². The van der Waals surface area contributed by atoms with Gasteiger partial charge in [0.05, 0.1) is 0 Å². The molecule has 1 aromatic rings. The number of anilines is 1. The fourth-order valence-electron chi connectivity index (χ4n) is 1.69. The second-order valence-corrected chi connectivity index (χ2v) is 6.51. The molecule has 0 aliphatic rings. The summed E-state index contributed by atoms with van der Waals surface area (Å²) in [6, 6.07) is 1.51. The largest absolute Gasteiger partial charge is 0.359 e.